The molecule has 1 aromatic rings. The Bertz CT molecular complexity index is 575. The number of ether oxygens (including phenoxy) is 2. The summed E-state index contributed by atoms with van der Waals surface area (Å²) in [5.74, 6) is -0.338. The maximum atomic E-state index is 12.4. The molecule has 6 nitrogen and oxygen atoms in total. The van der Waals surface area contributed by atoms with Gasteiger partial charge in [0.1, 0.15) is 0 Å². The first kappa shape index (κ1) is 20.3. The standard InChI is InChI=1S/C15H23F2NO5Si/c1-15(2,24(3,4)21)8-5-9-22-12-7-6-11(18(19)20)10-13(12)23-14(16)17/h6-7,10,14,21H,5,8-9H2,1-4H3. The number of hydrogen-bond donors (Lipinski definition) is 1. The van der Waals surface area contributed by atoms with E-state index in [0.717, 1.165) is 6.07 Å². The zero-order valence-electron chi connectivity index (χ0n) is 14.2. The lowest BCUT2D eigenvalue weighted by Gasteiger charge is -2.35. The number of alkyl halides is 2. The number of nitrogens with zero attached hydrogens (tertiary/aromatic N) is 1. The maximum absolute atomic E-state index is 12.4. The summed E-state index contributed by atoms with van der Waals surface area (Å²) in [5, 5.41) is 10.5. The van der Waals surface area contributed by atoms with Crippen LogP contribution in [0, 0.1) is 10.1 Å². The molecule has 0 fully saturated rings. The Morgan fingerprint density at radius 1 is 1.33 bits per heavy atom. The summed E-state index contributed by atoms with van der Waals surface area (Å²) in [7, 11) is -2.32. The lowest BCUT2D eigenvalue weighted by molar-refractivity contribution is -0.385. The average molecular weight is 363 g/mol. The van der Waals surface area contributed by atoms with Crippen LogP contribution < -0.4 is 9.47 Å². The molecular weight excluding hydrogens is 340 g/mol. The van der Waals surface area contributed by atoms with Crippen LogP contribution in [0.4, 0.5) is 14.5 Å². The molecule has 1 aromatic carbocycles. The minimum absolute atomic E-state index is 0.0270. The number of benzene rings is 1. The molecule has 0 heterocycles. The van der Waals surface area contributed by atoms with Gasteiger partial charge in [0.15, 0.2) is 19.8 Å². The van der Waals surface area contributed by atoms with E-state index in [9.17, 15) is 23.7 Å². The first-order chi connectivity index (χ1) is 10.9. The van der Waals surface area contributed by atoms with Crippen molar-refractivity contribution in [3.63, 3.8) is 0 Å². The Labute approximate surface area is 140 Å². The first-order valence-electron chi connectivity index (χ1n) is 7.52. The summed E-state index contributed by atoms with van der Waals surface area (Å²) in [5.41, 5.74) is -0.354. The predicted molar refractivity (Wildman–Crippen MR) is 88.2 cm³/mol. The molecule has 0 aromatic heterocycles. The van der Waals surface area contributed by atoms with Gasteiger partial charge in [-0.05, 0) is 37.0 Å². The van der Waals surface area contributed by atoms with Gasteiger partial charge in [0, 0.05) is 6.07 Å². The molecule has 0 unspecified atom stereocenters. The maximum Gasteiger partial charge on any atom is 0.387 e. The molecule has 0 bridgehead atoms. The molecule has 136 valence electrons. The SMILES string of the molecule is CC(C)(CCCOc1ccc([N+](=O)[O-])cc1OC(F)F)[Si](C)(C)O. The van der Waals surface area contributed by atoms with Crippen molar-refractivity contribution in [2.24, 2.45) is 0 Å². The van der Waals surface area contributed by atoms with Crippen LogP contribution in [0.3, 0.4) is 0 Å². The van der Waals surface area contributed by atoms with E-state index >= 15 is 0 Å². The van der Waals surface area contributed by atoms with E-state index in [4.69, 9.17) is 4.74 Å². The van der Waals surface area contributed by atoms with Crippen molar-refractivity contribution in [1.82, 2.24) is 0 Å². The highest BCUT2D eigenvalue weighted by Crippen LogP contribution is 2.40. The summed E-state index contributed by atoms with van der Waals surface area (Å²) in [6, 6.07) is 3.32. The highest BCUT2D eigenvalue weighted by atomic mass is 28.4. The molecule has 0 aliphatic carbocycles. The van der Waals surface area contributed by atoms with Gasteiger partial charge in [-0.2, -0.15) is 8.78 Å². The fraction of sp³-hybridized carbons (Fsp3) is 0.600. The summed E-state index contributed by atoms with van der Waals surface area (Å²) in [6.45, 7) is 4.81. The number of hydrogen-bond acceptors (Lipinski definition) is 5. The molecule has 1 rings (SSSR count). The summed E-state index contributed by atoms with van der Waals surface area (Å²) < 4.78 is 34.6. The molecule has 1 N–H and O–H groups in total. The van der Waals surface area contributed by atoms with Crippen molar-refractivity contribution >= 4 is 14.0 Å². The Balaban J connectivity index is 2.72. The topological polar surface area (TPSA) is 81.8 Å². The number of nitro groups is 1. The van der Waals surface area contributed by atoms with Crippen LogP contribution in [0.2, 0.25) is 18.1 Å². The van der Waals surface area contributed by atoms with Gasteiger partial charge in [-0.3, -0.25) is 10.1 Å². The molecule has 0 amide bonds. The lowest BCUT2D eigenvalue weighted by Crippen LogP contribution is -2.39. The third kappa shape index (κ3) is 5.71. The van der Waals surface area contributed by atoms with E-state index < -0.39 is 19.9 Å². The zero-order chi connectivity index (χ0) is 18.5. The number of non-ortho nitro benzene ring substituents is 1. The Morgan fingerprint density at radius 2 is 1.96 bits per heavy atom. The Morgan fingerprint density at radius 3 is 2.46 bits per heavy atom. The van der Waals surface area contributed by atoms with Gasteiger partial charge >= 0.3 is 6.61 Å². The van der Waals surface area contributed by atoms with Crippen LogP contribution in [0.5, 0.6) is 11.5 Å². The van der Waals surface area contributed by atoms with Crippen LogP contribution in [-0.4, -0.2) is 31.3 Å². The second kappa shape index (κ2) is 7.89. The number of rotatable bonds is 9. The molecule has 9 heteroatoms. The summed E-state index contributed by atoms with van der Waals surface area (Å²) >= 11 is 0. The van der Waals surface area contributed by atoms with Gasteiger partial charge in [-0.25, -0.2) is 0 Å². The molecule has 0 saturated heterocycles. The van der Waals surface area contributed by atoms with Crippen LogP contribution in [0.25, 0.3) is 0 Å². The van der Waals surface area contributed by atoms with Crippen molar-refractivity contribution in [3.05, 3.63) is 28.3 Å². The smallest absolute Gasteiger partial charge is 0.387 e. The van der Waals surface area contributed by atoms with Crippen molar-refractivity contribution < 1.29 is 28.0 Å². The largest absolute Gasteiger partial charge is 0.490 e. The highest BCUT2D eigenvalue weighted by molar-refractivity contribution is 6.72. The summed E-state index contributed by atoms with van der Waals surface area (Å²) in [6.07, 6.45) is 1.32. The fourth-order valence-corrected chi connectivity index (χ4v) is 2.71. The van der Waals surface area contributed by atoms with Gasteiger partial charge in [-0.15, -0.1) is 0 Å². The van der Waals surface area contributed by atoms with Gasteiger partial charge < -0.3 is 14.3 Å². The quantitative estimate of drug-likeness (QED) is 0.306. The predicted octanol–water partition coefficient (Wildman–Crippen LogP) is 4.33. The van der Waals surface area contributed by atoms with Crippen LogP contribution in [-0.2, 0) is 0 Å². The lowest BCUT2D eigenvalue weighted by atomic mass is 10.1. The number of halogens is 2. The van der Waals surface area contributed by atoms with E-state index in [0.29, 0.717) is 12.8 Å². The van der Waals surface area contributed by atoms with Crippen LogP contribution in [0.1, 0.15) is 26.7 Å². The monoisotopic (exact) mass is 363 g/mol. The average Bonchev–Trinajstić information content (AvgIpc) is 2.42. The molecule has 0 spiro atoms. The first-order valence-corrected chi connectivity index (χ1v) is 10.5. The fourth-order valence-electron chi connectivity index (χ4n) is 1.92. The van der Waals surface area contributed by atoms with E-state index in [1.54, 1.807) is 0 Å². The van der Waals surface area contributed by atoms with Crippen LogP contribution in [0.15, 0.2) is 18.2 Å². The van der Waals surface area contributed by atoms with Gasteiger partial charge in [0.25, 0.3) is 5.69 Å². The molecule has 0 atom stereocenters. The normalized spacial score (nSPS) is 12.3. The highest BCUT2D eigenvalue weighted by Gasteiger charge is 2.37. The summed E-state index contributed by atoms with van der Waals surface area (Å²) in [4.78, 5) is 20.2. The second-order valence-electron chi connectivity index (χ2n) is 6.66. The van der Waals surface area contributed by atoms with Crippen molar-refractivity contribution in [1.29, 1.82) is 0 Å². The minimum Gasteiger partial charge on any atom is -0.490 e. The third-order valence-corrected chi connectivity index (χ3v) is 7.78. The van der Waals surface area contributed by atoms with Gasteiger partial charge in [0.05, 0.1) is 17.6 Å². The van der Waals surface area contributed by atoms with Crippen LogP contribution >= 0.6 is 0 Å². The van der Waals surface area contributed by atoms with E-state index in [1.165, 1.54) is 12.1 Å². The van der Waals surface area contributed by atoms with Gasteiger partial charge in [-0.1, -0.05) is 13.8 Å². The number of nitro benzene ring substituents is 1. The molecule has 0 aliphatic rings. The Hall–Kier alpha value is -1.74. The van der Waals surface area contributed by atoms with Crippen molar-refractivity contribution in [2.75, 3.05) is 6.61 Å². The molecule has 0 aliphatic heterocycles. The van der Waals surface area contributed by atoms with E-state index in [-0.39, 0.29) is 28.8 Å². The van der Waals surface area contributed by atoms with Crippen molar-refractivity contribution in [2.45, 2.75) is 51.4 Å². The minimum atomic E-state index is -3.10. The third-order valence-electron chi connectivity index (χ3n) is 4.21. The van der Waals surface area contributed by atoms with E-state index in [2.05, 4.69) is 4.74 Å². The molecular formula is C15H23F2NO5Si. The zero-order valence-corrected chi connectivity index (χ0v) is 15.2. The molecule has 0 radical (unpaired) electrons. The van der Waals surface area contributed by atoms with Crippen molar-refractivity contribution in [3.8, 4) is 11.5 Å². The molecule has 24 heavy (non-hydrogen) atoms. The molecule has 0 saturated carbocycles. The second-order valence-corrected chi connectivity index (χ2v) is 11.1. The Kier molecular flexibility index (Phi) is 6.67. The van der Waals surface area contributed by atoms with E-state index in [1.807, 2.05) is 26.9 Å². The van der Waals surface area contributed by atoms with Gasteiger partial charge in [0.2, 0.25) is 0 Å².